The second-order valence-corrected chi connectivity index (χ2v) is 12.5. The highest BCUT2D eigenvalue weighted by molar-refractivity contribution is 6.62. The fourth-order valence-electron chi connectivity index (χ4n) is 5.47. The lowest BCUT2D eigenvalue weighted by Gasteiger charge is -2.34. The molecule has 0 spiro atoms. The van der Waals surface area contributed by atoms with Gasteiger partial charge < -0.3 is 24.1 Å². The zero-order valence-corrected chi connectivity index (χ0v) is 21.6. The highest BCUT2D eigenvalue weighted by Gasteiger charge is 2.57. The van der Waals surface area contributed by atoms with Gasteiger partial charge in [-0.05, 0) is 83.8 Å². The molecule has 7 nitrogen and oxygen atoms in total. The molecule has 3 atom stereocenters. The van der Waals surface area contributed by atoms with Crippen molar-refractivity contribution in [1.29, 1.82) is 0 Å². The summed E-state index contributed by atoms with van der Waals surface area (Å²) in [6.45, 7) is 17.5. The number of fused-ring (bicyclic) bond motifs is 2. The molecule has 186 valence electrons. The Balaban J connectivity index is 1.12. The van der Waals surface area contributed by atoms with Crippen LogP contribution in [-0.2, 0) is 20.5 Å². The van der Waals surface area contributed by atoms with Gasteiger partial charge in [0.25, 0.3) is 0 Å². The van der Waals surface area contributed by atoms with E-state index in [9.17, 15) is 4.79 Å². The van der Waals surface area contributed by atoms with Gasteiger partial charge in [-0.2, -0.15) is 0 Å². The van der Waals surface area contributed by atoms with Crippen molar-refractivity contribution in [3.05, 3.63) is 23.8 Å². The summed E-state index contributed by atoms with van der Waals surface area (Å²) in [5.41, 5.74) is 1.29. The second kappa shape index (κ2) is 8.14. The number of likely N-dealkylation sites (tertiary alicyclic amines) is 1. The fraction of sp³-hybridized carbons (Fsp3) is 0.731. The summed E-state index contributed by atoms with van der Waals surface area (Å²) in [6.07, 6.45) is 0.680. The molecule has 5 rings (SSSR count). The smallest absolute Gasteiger partial charge is 0.492 e. The third kappa shape index (κ3) is 4.57. The third-order valence-corrected chi connectivity index (χ3v) is 8.30. The van der Waals surface area contributed by atoms with Crippen LogP contribution >= 0.6 is 0 Å². The normalized spacial score (nSPS) is 31.4. The van der Waals surface area contributed by atoms with Crippen LogP contribution in [0.15, 0.2) is 18.2 Å². The number of amides is 1. The first-order chi connectivity index (χ1) is 15.8. The minimum Gasteiger partial charge on any atom is -0.492 e. The average Bonchev–Trinajstić information content (AvgIpc) is 3.06. The fourth-order valence-corrected chi connectivity index (χ4v) is 5.47. The SMILES string of the molecule is CC(C)(C)NC(=O)OCC1C2CN(C3COc4cc(B5OC(C)(C)C(C)(C)O5)ccc4C3)CC12. The summed E-state index contributed by atoms with van der Waals surface area (Å²) in [5, 5.41) is 2.86. The molecule has 3 heterocycles. The Kier molecular flexibility index (Phi) is 5.73. The lowest BCUT2D eigenvalue weighted by Crippen LogP contribution is -2.44. The van der Waals surface area contributed by atoms with Gasteiger partial charge >= 0.3 is 13.2 Å². The van der Waals surface area contributed by atoms with E-state index < -0.39 is 0 Å². The number of hydrogen-bond acceptors (Lipinski definition) is 6. The molecule has 0 aromatic heterocycles. The Morgan fingerprint density at radius 3 is 2.41 bits per heavy atom. The molecule has 1 aliphatic carbocycles. The minimum absolute atomic E-state index is 0.268. The predicted molar refractivity (Wildman–Crippen MR) is 131 cm³/mol. The first-order valence-corrected chi connectivity index (χ1v) is 12.6. The number of rotatable bonds is 4. The van der Waals surface area contributed by atoms with Gasteiger partial charge in [0.05, 0.1) is 17.8 Å². The van der Waals surface area contributed by atoms with Gasteiger partial charge in [-0.3, -0.25) is 4.90 Å². The van der Waals surface area contributed by atoms with Crippen LogP contribution in [0.5, 0.6) is 5.75 Å². The maximum absolute atomic E-state index is 11.9. The van der Waals surface area contributed by atoms with Gasteiger partial charge in [-0.15, -0.1) is 0 Å². The molecule has 1 aromatic carbocycles. The van der Waals surface area contributed by atoms with Crippen molar-refractivity contribution in [2.24, 2.45) is 17.8 Å². The van der Waals surface area contributed by atoms with Crippen LogP contribution in [0.25, 0.3) is 0 Å². The first-order valence-electron chi connectivity index (χ1n) is 12.6. The monoisotopic (exact) mass is 470 g/mol. The van der Waals surface area contributed by atoms with Crippen LogP contribution in [0.2, 0.25) is 0 Å². The van der Waals surface area contributed by atoms with E-state index >= 15 is 0 Å². The number of piperidine rings is 1. The first kappa shape index (κ1) is 24.0. The van der Waals surface area contributed by atoms with Crippen LogP contribution in [0, 0.1) is 17.8 Å². The van der Waals surface area contributed by atoms with E-state index in [1.54, 1.807) is 0 Å². The molecule has 4 aliphatic rings. The van der Waals surface area contributed by atoms with Crippen molar-refractivity contribution in [2.75, 3.05) is 26.3 Å². The van der Waals surface area contributed by atoms with Gasteiger partial charge in [-0.25, -0.2) is 4.79 Å². The van der Waals surface area contributed by atoms with Crippen molar-refractivity contribution in [2.45, 2.75) is 77.7 Å². The number of benzene rings is 1. The Hall–Kier alpha value is -1.77. The maximum Gasteiger partial charge on any atom is 0.494 e. The van der Waals surface area contributed by atoms with Crippen LogP contribution in [0.3, 0.4) is 0 Å². The largest absolute Gasteiger partial charge is 0.494 e. The van der Waals surface area contributed by atoms with Crippen LogP contribution in [-0.4, -0.2) is 67.2 Å². The van der Waals surface area contributed by atoms with Crippen molar-refractivity contribution >= 4 is 18.7 Å². The standard InChI is InChI=1S/C26H39BN2O5/c1-24(2,3)28-23(30)32-15-21-19-12-29(13-20(19)21)18-10-16-8-9-17(11-22(16)31-14-18)27-33-25(4,5)26(6,7)34-27/h8-9,11,18-21H,10,12-15H2,1-7H3,(H,28,30). The number of ether oxygens (including phenoxy) is 2. The summed E-state index contributed by atoms with van der Waals surface area (Å²) in [4.78, 5) is 14.5. The molecule has 34 heavy (non-hydrogen) atoms. The molecule has 1 N–H and O–H groups in total. The summed E-state index contributed by atoms with van der Waals surface area (Å²) in [5.74, 6) is 2.72. The van der Waals surface area contributed by atoms with Gasteiger partial charge in [0, 0.05) is 30.6 Å². The van der Waals surface area contributed by atoms with Gasteiger partial charge in [-0.1, -0.05) is 12.1 Å². The molecule has 2 saturated heterocycles. The Morgan fingerprint density at radius 2 is 1.79 bits per heavy atom. The Labute approximate surface area is 204 Å². The van der Waals surface area contributed by atoms with Crippen molar-refractivity contribution < 1.29 is 23.6 Å². The highest BCUT2D eigenvalue weighted by Crippen LogP contribution is 2.52. The molecule has 3 aliphatic heterocycles. The van der Waals surface area contributed by atoms with Gasteiger partial charge in [0.1, 0.15) is 12.4 Å². The number of hydrogen-bond donors (Lipinski definition) is 1. The molecule has 1 saturated carbocycles. The van der Waals surface area contributed by atoms with Gasteiger partial charge in [0.15, 0.2) is 0 Å². The van der Waals surface area contributed by atoms with E-state index in [1.165, 1.54) is 5.56 Å². The molecule has 3 fully saturated rings. The van der Waals surface area contributed by atoms with E-state index in [2.05, 4.69) is 56.1 Å². The molecule has 0 radical (unpaired) electrons. The zero-order valence-electron chi connectivity index (χ0n) is 21.6. The van der Waals surface area contributed by atoms with Crippen LogP contribution in [0.4, 0.5) is 4.79 Å². The molecule has 8 heteroatoms. The Morgan fingerprint density at radius 1 is 1.15 bits per heavy atom. The third-order valence-electron chi connectivity index (χ3n) is 8.30. The zero-order chi connectivity index (χ0) is 24.5. The van der Waals surface area contributed by atoms with E-state index in [1.807, 2.05) is 20.8 Å². The lowest BCUT2D eigenvalue weighted by molar-refractivity contribution is 0.00578. The second-order valence-electron chi connectivity index (χ2n) is 12.5. The summed E-state index contributed by atoms with van der Waals surface area (Å²) < 4.78 is 24.1. The molecule has 3 unspecified atom stereocenters. The number of carbonyl (C=O) groups is 1. The lowest BCUT2D eigenvalue weighted by atomic mass is 9.78. The van der Waals surface area contributed by atoms with E-state index in [-0.39, 0.29) is 30.0 Å². The van der Waals surface area contributed by atoms with Gasteiger partial charge in [0.2, 0.25) is 0 Å². The van der Waals surface area contributed by atoms with Crippen molar-refractivity contribution in [1.82, 2.24) is 10.2 Å². The minimum atomic E-state index is -0.369. The number of nitrogens with zero attached hydrogens (tertiary/aromatic N) is 1. The summed E-state index contributed by atoms with van der Waals surface area (Å²) >= 11 is 0. The number of nitrogens with one attached hydrogen (secondary N) is 1. The van der Waals surface area contributed by atoms with E-state index in [0.717, 1.165) is 30.7 Å². The quantitative estimate of drug-likeness (QED) is 0.683. The number of alkyl carbamates (subject to hydrolysis) is 1. The Bertz CT molecular complexity index is 931. The van der Waals surface area contributed by atoms with E-state index in [0.29, 0.717) is 37.0 Å². The topological polar surface area (TPSA) is 69.3 Å². The highest BCUT2D eigenvalue weighted by atomic mass is 16.7. The van der Waals surface area contributed by atoms with Crippen LogP contribution in [0.1, 0.15) is 54.0 Å². The molecule has 1 aromatic rings. The van der Waals surface area contributed by atoms with Crippen molar-refractivity contribution in [3.8, 4) is 5.75 Å². The molecule has 1 amide bonds. The summed E-state index contributed by atoms with van der Waals surface area (Å²) in [7, 11) is -0.369. The van der Waals surface area contributed by atoms with E-state index in [4.69, 9.17) is 18.8 Å². The maximum atomic E-state index is 11.9. The van der Waals surface area contributed by atoms with Crippen LogP contribution < -0.4 is 15.5 Å². The molecule has 0 bridgehead atoms. The summed E-state index contributed by atoms with van der Waals surface area (Å²) in [6, 6.07) is 6.77. The molecular weight excluding hydrogens is 431 g/mol. The molecular formula is C26H39BN2O5. The predicted octanol–water partition coefficient (Wildman–Crippen LogP) is 2.99. The number of carbonyl (C=O) groups excluding carboxylic acids is 1. The van der Waals surface area contributed by atoms with Crippen molar-refractivity contribution in [3.63, 3.8) is 0 Å². The average molecular weight is 470 g/mol.